The van der Waals surface area contributed by atoms with Gasteiger partial charge in [-0.2, -0.15) is 0 Å². The van der Waals surface area contributed by atoms with E-state index >= 15 is 0 Å². The number of hydrogen-bond acceptors (Lipinski definition) is 4. The summed E-state index contributed by atoms with van der Waals surface area (Å²) in [6.45, 7) is 0.984. The molecule has 102 valence electrons. The standard InChI is InChI=1S/C14H13ClN4O/c15-14-17-7-5-12(19-14)18-13(20)10-3-4-11-9(8-10)2-1-6-16-11/h3-5,7-8,16H,1-2,6H2,(H,17,18,19,20). The minimum absolute atomic E-state index is 0.109. The Morgan fingerprint density at radius 2 is 2.25 bits per heavy atom. The molecule has 0 unspecified atom stereocenters. The van der Waals surface area contributed by atoms with Crippen LogP contribution in [0.5, 0.6) is 0 Å². The van der Waals surface area contributed by atoms with Crippen molar-refractivity contribution in [2.75, 3.05) is 17.2 Å². The molecule has 0 saturated carbocycles. The number of nitrogens with zero attached hydrogens (tertiary/aromatic N) is 2. The molecule has 6 heteroatoms. The molecule has 1 aromatic carbocycles. The summed E-state index contributed by atoms with van der Waals surface area (Å²) in [6, 6.07) is 7.26. The Bertz CT molecular complexity index is 659. The fourth-order valence-corrected chi connectivity index (χ4v) is 2.36. The number of rotatable bonds is 2. The Balaban J connectivity index is 1.80. The number of amides is 1. The lowest BCUT2D eigenvalue weighted by Gasteiger charge is -2.18. The number of carbonyl (C=O) groups excluding carboxylic acids is 1. The second-order valence-corrected chi connectivity index (χ2v) is 4.91. The van der Waals surface area contributed by atoms with Gasteiger partial charge in [-0.3, -0.25) is 4.79 Å². The van der Waals surface area contributed by atoms with Crippen LogP contribution < -0.4 is 10.6 Å². The average Bonchev–Trinajstić information content (AvgIpc) is 2.47. The monoisotopic (exact) mass is 288 g/mol. The molecule has 1 amide bonds. The Hall–Kier alpha value is -2.14. The molecule has 1 aromatic heterocycles. The fraction of sp³-hybridized carbons (Fsp3) is 0.214. The van der Waals surface area contributed by atoms with Crippen molar-refractivity contribution in [2.24, 2.45) is 0 Å². The van der Waals surface area contributed by atoms with E-state index in [1.165, 1.54) is 11.8 Å². The number of aromatic nitrogens is 2. The highest BCUT2D eigenvalue weighted by atomic mass is 35.5. The number of fused-ring (bicyclic) bond motifs is 1. The average molecular weight is 289 g/mol. The Kier molecular flexibility index (Phi) is 3.52. The van der Waals surface area contributed by atoms with E-state index in [9.17, 15) is 4.79 Å². The molecule has 0 aliphatic carbocycles. The maximum absolute atomic E-state index is 12.2. The van der Waals surface area contributed by atoms with Crippen molar-refractivity contribution < 1.29 is 4.79 Å². The van der Waals surface area contributed by atoms with Crippen molar-refractivity contribution >= 4 is 29.0 Å². The SMILES string of the molecule is O=C(Nc1ccnc(Cl)n1)c1ccc2c(c1)CCCN2. The van der Waals surface area contributed by atoms with Gasteiger partial charge in [-0.1, -0.05) is 0 Å². The van der Waals surface area contributed by atoms with E-state index in [0.717, 1.165) is 25.1 Å². The van der Waals surface area contributed by atoms with Crippen LogP contribution in [0.15, 0.2) is 30.5 Å². The highest BCUT2D eigenvalue weighted by Gasteiger charge is 2.13. The summed E-state index contributed by atoms with van der Waals surface area (Å²) < 4.78 is 0. The first-order valence-electron chi connectivity index (χ1n) is 6.39. The molecular weight excluding hydrogens is 276 g/mol. The zero-order chi connectivity index (χ0) is 13.9. The van der Waals surface area contributed by atoms with Gasteiger partial charge in [0.05, 0.1) is 0 Å². The third kappa shape index (κ3) is 2.72. The molecule has 0 spiro atoms. The molecule has 2 aromatic rings. The normalized spacial score (nSPS) is 13.2. The predicted octanol–water partition coefficient (Wildman–Crippen LogP) is 2.74. The van der Waals surface area contributed by atoms with E-state index in [4.69, 9.17) is 11.6 Å². The molecule has 0 radical (unpaired) electrons. The molecule has 20 heavy (non-hydrogen) atoms. The lowest BCUT2D eigenvalue weighted by molar-refractivity contribution is 0.102. The van der Waals surface area contributed by atoms with Gasteiger partial charge in [-0.25, -0.2) is 9.97 Å². The summed E-state index contributed by atoms with van der Waals surface area (Å²) in [4.78, 5) is 19.9. The van der Waals surface area contributed by atoms with Gasteiger partial charge in [0.2, 0.25) is 5.28 Å². The highest BCUT2D eigenvalue weighted by molar-refractivity contribution is 6.28. The largest absolute Gasteiger partial charge is 0.385 e. The Morgan fingerprint density at radius 1 is 1.35 bits per heavy atom. The number of anilines is 2. The van der Waals surface area contributed by atoms with Gasteiger partial charge < -0.3 is 10.6 Å². The zero-order valence-corrected chi connectivity index (χ0v) is 11.4. The molecule has 0 fully saturated rings. The first kappa shape index (κ1) is 12.9. The van der Waals surface area contributed by atoms with Crippen molar-refractivity contribution in [3.05, 3.63) is 46.9 Å². The van der Waals surface area contributed by atoms with Crippen LogP contribution in [-0.4, -0.2) is 22.4 Å². The number of hydrogen-bond donors (Lipinski definition) is 2. The maximum atomic E-state index is 12.2. The molecular formula is C14H13ClN4O. The van der Waals surface area contributed by atoms with Gasteiger partial charge in [-0.05, 0) is 54.3 Å². The van der Waals surface area contributed by atoms with Crippen molar-refractivity contribution in [1.29, 1.82) is 0 Å². The zero-order valence-electron chi connectivity index (χ0n) is 10.7. The van der Waals surface area contributed by atoms with Crippen molar-refractivity contribution in [1.82, 2.24) is 9.97 Å². The van der Waals surface area contributed by atoms with E-state index < -0.39 is 0 Å². The van der Waals surface area contributed by atoms with Crippen molar-refractivity contribution in [2.45, 2.75) is 12.8 Å². The lowest BCUT2D eigenvalue weighted by atomic mass is 10.0. The third-order valence-corrected chi connectivity index (χ3v) is 3.36. The van der Waals surface area contributed by atoms with Crippen molar-refractivity contribution in [3.63, 3.8) is 0 Å². The van der Waals surface area contributed by atoms with E-state index in [-0.39, 0.29) is 11.2 Å². The van der Waals surface area contributed by atoms with Crippen LogP contribution in [0.4, 0.5) is 11.5 Å². The minimum atomic E-state index is -0.201. The Labute approximate surface area is 121 Å². The van der Waals surface area contributed by atoms with Gasteiger partial charge in [0.1, 0.15) is 5.82 Å². The number of aryl methyl sites for hydroxylation is 1. The van der Waals surface area contributed by atoms with E-state index in [1.807, 2.05) is 12.1 Å². The number of nitrogens with one attached hydrogen (secondary N) is 2. The molecule has 0 atom stereocenters. The second kappa shape index (κ2) is 5.46. The first-order valence-corrected chi connectivity index (χ1v) is 6.77. The van der Waals surface area contributed by atoms with Crippen LogP contribution in [0, 0.1) is 0 Å². The molecule has 0 bridgehead atoms. The topological polar surface area (TPSA) is 66.9 Å². The molecule has 1 aliphatic heterocycles. The number of benzene rings is 1. The Morgan fingerprint density at radius 3 is 3.10 bits per heavy atom. The molecule has 3 rings (SSSR count). The smallest absolute Gasteiger partial charge is 0.256 e. The summed E-state index contributed by atoms with van der Waals surface area (Å²) in [7, 11) is 0. The molecule has 2 heterocycles. The van der Waals surface area contributed by atoms with Gasteiger partial charge in [0.25, 0.3) is 5.91 Å². The van der Waals surface area contributed by atoms with Crippen LogP contribution in [0.25, 0.3) is 0 Å². The first-order chi connectivity index (χ1) is 9.72. The molecule has 2 N–H and O–H groups in total. The minimum Gasteiger partial charge on any atom is -0.385 e. The van der Waals surface area contributed by atoms with Gasteiger partial charge >= 0.3 is 0 Å². The van der Waals surface area contributed by atoms with Gasteiger partial charge in [0, 0.05) is 24.0 Å². The number of carbonyl (C=O) groups is 1. The molecule has 5 nitrogen and oxygen atoms in total. The van der Waals surface area contributed by atoms with E-state index in [0.29, 0.717) is 11.4 Å². The van der Waals surface area contributed by atoms with Crippen LogP contribution in [0.1, 0.15) is 22.3 Å². The van der Waals surface area contributed by atoms with Crippen LogP contribution in [0.3, 0.4) is 0 Å². The highest BCUT2D eigenvalue weighted by Crippen LogP contribution is 2.23. The van der Waals surface area contributed by atoms with Crippen molar-refractivity contribution in [3.8, 4) is 0 Å². The second-order valence-electron chi connectivity index (χ2n) is 4.57. The fourth-order valence-electron chi connectivity index (χ4n) is 2.21. The molecule has 1 aliphatic rings. The summed E-state index contributed by atoms with van der Waals surface area (Å²) in [5.74, 6) is 0.194. The molecule has 0 saturated heterocycles. The summed E-state index contributed by atoms with van der Waals surface area (Å²) in [5, 5.41) is 6.14. The quantitative estimate of drug-likeness (QED) is 0.834. The number of halogens is 1. The van der Waals surface area contributed by atoms with E-state index in [1.54, 1.807) is 12.1 Å². The summed E-state index contributed by atoms with van der Waals surface area (Å²) >= 11 is 5.69. The van der Waals surface area contributed by atoms with Crippen LogP contribution in [0.2, 0.25) is 5.28 Å². The summed E-state index contributed by atoms with van der Waals surface area (Å²) in [6.07, 6.45) is 3.57. The van der Waals surface area contributed by atoms with Gasteiger partial charge in [-0.15, -0.1) is 0 Å². The summed E-state index contributed by atoms with van der Waals surface area (Å²) in [5.41, 5.74) is 2.89. The third-order valence-electron chi connectivity index (χ3n) is 3.17. The van der Waals surface area contributed by atoms with E-state index in [2.05, 4.69) is 20.6 Å². The van der Waals surface area contributed by atoms with Crippen LogP contribution >= 0.6 is 11.6 Å². The lowest BCUT2D eigenvalue weighted by Crippen LogP contribution is -2.16. The van der Waals surface area contributed by atoms with Gasteiger partial charge in [0.15, 0.2) is 0 Å². The van der Waals surface area contributed by atoms with Crippen LogP contribution in [-0.2, 0) is 6.42 Å². The predicted molar refractivity (Wildman–Crippen MR) is 78.2 cm³/mol. The maximum Gasteiger partial charge on any atom is 0.256 e.